The van der Waals surface area contributed by atoms with Crippen LogP contribution in [0.5, 0.6) is 11.5 Å². The quantitative estimate of drug-likeness (QED) is 0.0850. The summed E-state index contributed by atoms with van der Waals surface area (Å²) in [4.78, 5) is 58.1. The number of alkyl halides is 2. The second kappa shape index (κ2) is 21.2. The van der Waals surface area contributed by atoms with Crippen LogP contribution >= 0.6 is 23.2 Å². The van der Waals surface area contributed by atoms with E-state index in [1.54, 1.807) is 6.07 Å². The van der Waals surface area contributed by atoms with Gasteiger partial charge in [0.25, 0.3) is 11.8 Å². The number of hydrogen-bond donors (Lipinski definition) is 2. The van der Waals surface area contributed by atoms with Gasteiger partial charge in [0.05, 0.1) is 22.3 Å². The summed E-state index contributed by atoms with van der Waals surface area (Å²) in [5, 5.41) is 5.24. The lowest BCUT2D eigenvalue weighted by Crippen LogP contribution is -2.52. The van der Waals surface area contributed by atoms with Crippen molar-refractivity contribution in [1.82, 2.24) is 20.1 Å². The molecule has 59 heavy (non-hydrogen) atoms. The molecule has 0 radical (unpaired) electrons. The maximum absolute atomic E-state index is 14.8. The van der Waals surface area contributed by atoms with Crippen molar-refractivity contribution in [3.05, 3.63) is 80.8 Å². The van der Waals surface area contributed by atoms with Crippen molar-refractivity contribution in [2.45, 2.75) is 115 Å². The van der Waals surface area contributed by atoms with Crippen molar-refractivity contribution in [2.24, 2.45) is 0 Å². The van der Waals surface area contributed by atoms with Gasteiger partial charge in [-0.15, -0.1) is 0 Å². The number of carbonyl (C=O) groups is 4. The van der Waals surface area contributed by atoms with Crippen molar-refractivity contribution in [3.8, 4) is 11.5 Å². The molecular formula is C43H50Cl2F3N5O6. The summed E-state index contributed by atoms with van der Waals surface area (Å²) in [7, 11) is 0. The topological polar surface area (TPSA) is 130 Å². The lowest BCUT2D eigenvalue weighted by Gasteiger charge is -2.33. The summed E-state index contributed by atoms with van der Waals surface area (Å²) in [6.45, 7) is 0.351. The summed E-state index contributed by atoms with van der Waals surface area (Å²) in [5.41, 5.74) is 2.36. The van der Waals surface area contributed by atoms with Crippen molar-refractivity contribution in [3.63, 3.8) is 0 Å². The normalized spacial score (nSPS) is 17.4. The minimum atomic E-state index is -3.05. The molecule has 11 nitrogen and oxygen atoms in total. The van der Waals surface area contributed by atoms with E-state index in [0.717, 1.165) is 88.5 Å². The molecule has 0 bridgehead atoms. The number of pyridine rings is 1. The van der Waals surface area contributed by atoms with Crippen molar-refractivity contribution in [1.29, 1.82) is 0 Å². The Balaban J connectivity index is 0.821. The van der Waals surface area contributed by atoms with Gasteiger partial charge >= 0.3 is 6.61 Å². The maximum atomic E-state index is 14.8. The molecule has 1 unspecified atom stereocenters. The minimum absolute atomic E-state index is 0.0430. The molecule has 0 spiro atoms. The number of carbonyl (C=O) groups excluding carboxylic acids is 4. The van der Waals surface area contributed by atoms with Crippen LogP contribution in [-0.4, -0.2) is 77.3 Å². The number of rotatable bonds is 20. The lowest BCUT2D eigenvalue weighted by molar-refractivity contribution is -0.136. The number of unbranched alkanes of at least 4 members (excludes halogenated alkanes) is 9. The first-order valence-electron chi connectivity index (χ1n) is 20.5. The number of halogens is 5. The highest BCUT2D eigenvalue weighted by atomic mass is 35.5. The number of nitrogens with one attached hydrogen (secondary N) is 2. The minimum Gasteiger partial charge on any atom is -0.490 e. The van der Waals surface area contributed by atoms with Gasteiger partial charge in [0, 0.05) is 36.5 Å². The number of ether oxygens (including phenoxy) is 2. The largest absolute Gasteiger partial charge is 0.490 e. The molecule has 6 rings (SSSR count). The smallest absolute Gasteiger partial charge is 0.387 e. The van der Waals surface area contributed by atoms with Gasteiger partial charge in [0.2, 0.25) is 11.8 Å². The summed E-state index contributed by atoms with van der Waals surface area (Å²) < 4.78 is 51.2. The van der Waals surface area contributed by atoms with Crippen molar-refractivity contribution < 1.29 is 41.8 Å². The van der Waals surface area contributed by atoms with E-state index >= 15 is 0 Å². The highest BCUT2D eigenvalue weighted by Gasteiger charge is 2.41. The average Bonchev–Trinajstić information content (AvgIpc) is 3.53. The van der Waals surface area contributed by atoms with Gasteiger partial charge in [0.1, 0.15) is 11.9 Å². The predicted molar refractivity (Wildman–Crippen MR) is 218 cm³/mol. The number of likely N-dealkylation sites (tertiary alicyclic amines) is 1. The Kier molecular flexibility index (Phi) is 15.9. The first kappa shape index (κ1) is 44.2. The molecule has 4 amide bonds. The van der Waals surface area contributed by atoms with Crippen LogP contribution in [0.3, 0.4) is 0 Å². The number of anilines is 1. The van der Waals surface area contributed by atoms with E-state index in [1.165, 1.54) is 60.8 Å². The second-order valence-electron chi connectivity index (χ2n) is 15.4. The number of aromatic nitrogens is 1. The van der Waals surface area contributed by atoms with E-state index < -0.39 is 30.3 Å². The second-order valence-corrected chi connectivity index (χ2v) is 16.2. The van der Waals surface area contributed by atoms with E-state index in [-0.39, 0.29) is 76.5 Å². The van der Waals surface area contributed by atoms with E-state index in [0.29, 0.717) is 5.56 Å². The van der Waals surface area contributed by atoms with Crippen LogP contribution in [0.4, 0.5) is 18.9 Å². The van der Waals surface area contributed by atoms with Crippen LogP contribution in [0, 0.1) is 5.82 Å². The third kappa shape index (κ3) is 11.9. The first-order chi connectivity index (χ1) is 28.5. The monoisotopic (exact) mass is 859 g/mol. The molecular weight excluding hydrogens is 810 g/mol. The molecule has 3 aromatic rings. The molecule has 0 saturated carbocycles. The summed E-state index contributed by atoms with van der Waals surface area (Å²) in [6, 6.07) is 6.09. The average molecular weight is 861 g/mol. The Morgan fingerprint density at radius 3 is 2.20 bits per heavy atom. The Morgan fingerprint density at radius 2 is 1.54 bits per heavy atom. The molecule has 3 aliphatic heterocycles. The highest BCUT2D eigenvalue weighted by Crippen LogP contribution is 2.38. The zero-order valence-electron chi connectivity index (χ0n) is 32.9. The van der Waals surface area contributed by atoms with Gasteiger partial charge in [0.15, 0.2) is 11.5 Å². The molecule has 2 fully saturated rings. The number of benzene rings is 2. The van der Waals surface area contributed by atoms with Crippen LogP contribution in [0.25, 0.3) is 0 Å². The van der Waals surface area contributed by atoms with Crippen LogP contribution in [0.15, 0.2) is 42.7 Å². The first-order valence-corrected chi connectivity index (χ1v) is 21.3. The van der Waals surface area contributed by atoms with Crippen LogP contribution in [0.2, 0.25) is 10.0 Å². The van der Waals surface area contributed by atoms with Gasteiger partial charge in [-0.3, -0.25) is 29.5 Å². The number of imide groups is 1. The van der Waals surface area contributed by atoms with Crippen LogP contribution < -0.4 is 20.1 Å². The third-order valence-electron chi connectivity index (χ3n) is 11.3. The number of fused-ring (bicyclic) bond motifs is 1. The molecule has 4 heterocycles. The van der Waals surface area contributed by atoms with E-state index in [1.807, 2.05) is 0 Å². The van der Waals surface area contributed by atoms with Gasteiger partial charge < -0.3 is 24.6 Å². The van der Waals surface area contributed by atoms with Crippen LogP contribution in [0.1, 0.15) is 128 Å². The van der Waals surface area contributed by atoms with E-state index in [2.05, 4.69) is 25.3 Å². The molecule has 16 heteroatoms. The Labute approximate surface area is 352 Å². The molecule has 2 saturated heterocycles. The van der Waals surface area contributed by atoms with Gasteiger partial charge in [-0.25, -0.2) is 4.39 Å². The predicted octanol–water partition coefficient (Wildman–Crippen LogP) is 9.30. The SMILES string of the molecule is O=C1CCC(N2Cc3c(cc(F)cc3C3CCN(CCCCCCCCCCCCOc4cc(C(=O)Nc5c(Cl)cncc5Cl)ccc4OC(F)F)CC3)C2=O)C(=O)N1. The zero-order chi connectivity index (χ0) is 41.9. The molecule has 1 aromatic heterocycles. The third-order valence-corrected chi connectivity index (χ3v) is 11.9. The Hall–Kier alpha value is -4.40. The number of nitrogens with zero attached hydrogens (tertiary/aromatic N) is 3. The highest BCUT2D eigenvalue weighted by molar-refractivity contribution is 6.39. The molecule has 3 aliphatic rings. The summed E-state index contributed by atoms with van der Waals surface area (Å²) >= 11 is 12.2. The number of amides is 4. The maximum Gasteiger partial charge on any atom is 0.387 e. The fraction of sp³-hybridized carbons (Fsp3) is 0.512. The van der Waals surface area contributed by atoms with Crippen molar-refractivity contribution in [2.75, 3.05) is 31.6 Å². The molecule has 2 N–H and O–H groups in total. The van der Waals surface area contributed by atoms with Gasteiger partial charge in [-0.05, 0) is 99.1 Å². The standard InChI is InChI=1S/C43H50Cl2F3N5O6/c44-33-24-49-25-34(45)39(33)51-40(55)28-11-13-36(59-43(47)48)37(21-28)58-20-10-8-6-4-2-1-3-5-7-9-17-52-18-15-27(16-19-52)30-22-29(46)23-31-32(30)26-53(42(31)57)35-12-14-38(54)50-41(35)56/h11,13,21-25,27,35,43H,1-10,12,14-20,26H2,(H,49,51,55)(H,50,54,56). The Morgan fingerprint density at radius 1 is 0.881 bits per heavy atom. The fourth-order valence-corrected chi connectivity index (χ4v) is 8.65. The lowest BCUT2D eigenvalue weighted by atomic mass is 9.85. The van der Waals surface area contributed by atoms with Crippen molar-refractivity contribution >= 4 is 52.5 Å². The van der Waals surface area contributed by atoms with Gasteiger partial charge in [-0.1, -0.05) is 74.6 Å². The molecule has 2 aromatic carbocycles. The number of piperidine rings is 2. The van der Waals surface area contributed by atoms with E-state index in [4.69, 9.17) is 27.9 Å². The van der Waals surface area contributed by atoms with Gasteiger partial charge in [-0.2, -0.15) is 8.78 Å². The summed E-state index contributed by atoms with van der Waals surface area (Å²) in [5.74, 6) is -2.11. The van der Waals surface area contributed by atoms with Crippen LogP contribution in [-0.2, 0) is 16.1 Å². The fourth-order valence-electron chi connectivity index (χ4n) is 8.19. The Bertz CT molecular complexity index is 1960. The zero-order valence-corrected chi connectivity index (χ0v) is 34.4. The summed E-state index contributed by atoms with van der Waals surface area (Å²) in [6.07, 6.45) is 15.6. The molecule has 0 aliphatic carbocycles. The van der Waals surface area contributed by atoms with E-state index in [9.17, 15) is 32.3 Å². The molecule has 318 valence electrons. The molecule has 1 atom stereocenters. The number of hydrogen-bond acceptors (Lipinski definition) is 8.